The molecule has 7 heteroatoms. The van der Waals surface area contributed by atoms with Crippen LogP contribution in [0.25, 0.3) is 10.9 Å². The number of aryl methyl sites for hydroxylation is 2. The Morgan fingerprint density at radius 1 is 1.28 bits per heavy atom. The number of ether oxygens (including phenoxy) is 1. The summed E-state index contributed by atoms with van der Waals surface area (Å²) >= 11 is 3.54. The maximum atomic E-state index is 13.1. The van der Waals surface area contributed by atoms with Gasteiger partial charge in [0.1, 0.15) is 0 Å². The number of methoxy groups -OCH3 is 1. The summed E-state index contributed by atoms with van der Waals surface area (Å²) in [4.78, 5) is 17.4. The Bertz CT molecular complexity index is 1070. The fourth-order valence-electron chi connectivity index (χ4n) is 3.62. The van der Waals surface area contributed by atoms with Crippen molar-refractivity contribution in [3.8, 4) is 5.88 Å². The second-order valence-corrected chi connectivity index (χ2v) is 8.34. The van der Waals surface area contributed by atoms with Crippen molar-refractivity contribution in [3.63, 3.8) is 0 Å². The van der Waals surface area contributed by atoms with Crippen LogP contribution in [0.1, 0.15) is 52.6 Å². The highest BCUT2D eigenvalue weighted by molar-refractivity contribution is 9.10. The summed E-state index contributed by atoms with van der Waals surface area (Å²) in [6, 6.07) is 5.99. The van der Waals surface area contributed by atoms with Crippen molar-refractivity contribution in [2.45, 2.75) is 46.9 Å². The topological polar surface area (TPSA) is 76.4 Å². The zero-order valence-corrected chi connectivity index (χ0v) is 18.9. The number of carbonyl (C=O) groups excluding carboxylic acids is 1. The van der Waals surface area contributed by atoms with Gasteiger partial charge in [-0.15, -0.1) is 0 Å². The molecule has 1 amide bonds. The molecule has 0 unspecified atom stereocenters. The number of hydrogen-bond acceptors (Lipinski definition) is 4. The van der Waals surface area contributed by atoms with E-state index in [1.54, 1.807) is 6.07 Å². The number of amides is 1. The molecule has 0 spiro atoms. The van der Waals surface area contributed by atoms with Gasteiger partial charge in [0.05, 0.1) is 30.5 Å². The Labute approximate surface area is 179 Å². The lowest BCUT2D eigenvalue weighted by Crippen LogP contribution is -2.24. The summed E-state index contributed by atoms with van der Waals surface area (Å²) in [7, 11) is 1.53. The molecule has 6 nitrogen and oxygen atoms in total. The number of hydrogen-bond donors (Lipinski definition) is 2. The number of nitrogens with zero attached hydrogens (tertiary/aromatic N) is 2. The van der Waals surface area contributed by atoms with E-state index in [2.05, 4.69) is 50.8 Å². The lowest BCUT2D eigenvalue weighted by Gasteiger charge is -2.14. The van der Waals surface area contributed by atoms with Crippen LogP contribution in [0.2, 0.25) is 0 Å². The van der Waals surface area contributed by atoms with E-state index in [0.29, 0.717) is 23.2 Å². The lowest BCUT2D eigenvalue weighted by atomic mass is 10.1. The molecule has 0 saturated heterocycles. The molecule has 0 radical (unpaired) electrons. The van der Waals surface area contributed by atoms with E-state index in [1.165, 1.54) is 7.11 Å². The Morgan fingerprint density at radius 3 is 2.62 bits per heavy atom. The molecule has 0 aliphatic rings. The zero-order chi connectivity index (χ0) is 21.3. The third-order valence-corrected chi connectivity index (χ3v) is 5.49. The number of rotatable bonds is 6. The maximum absolute atomic E-state index is 13.1. The van der Waals surface area contributed by atoms with Crippen LogP contribution in [0.5, 0.6) is 5.88 Å². The average Bonchev–Trinajstić information content (AvgIpc) is 3.02. The quantitative estimate of drug-likeness (QED) is 0.571. The molecule has 154 valence electrons. The van der Waals surface area contributed by atoms with E-state index in [4.69, 9.17) is 4.74 Å². The molecule has 2 N–H and O–H groups in total. The minimum atomic E-state index is -0.161. The number of pyridine rings is 1. The van der Waals surface area contributed by atoms with Gasteiger partial charge in [0, 0.05) is 34.2 Å². The Kier molecular flexibility index (Phi) is 6.29. The minimum Gasteiger partial charge on any atom is -0.481 e. The van der Waals surface area contributed by atoms with Crippen LogP contribution >= 0.6 is 15.9 Å². The third kappa shape index (κ3) is 4.16. The largest absolute Gasteiger partial charge is 0.481 e. The SMILES string of the molecule is COc1nc(CO)cc(C)c1CNC(=O)c1cc(Br)cc2c1c(C)cn2C(C)C. The van der Waals surface area contributed by atoms with Crippen LogP contribution in [0.4, 0.5) is 0 Å². The third-order valence-electron chi connectivity index (χ3n) is 5.03. The Balaban J connectivity index is 1.96. The Hall–Kier alpha value is -2.38. The molecule has 3 aromatic rings. The number of aromatic nitrogens is 2. The zero-order valence-electron chi connectivity index (χ0n) is 17.3. The highest BCUT2D eigenvalue weighted by Gasteiger charge is 2.19. The monoisotopic (exact) mass is 459 g/mol. The molecule has 2 heterocycles. The summed E-state index contributed by atoms with van der Waals surface area (Å²) in [5.41, 5.74) is 4.95. The number of benzene rings is 1. The molecule has 3 rings (SSSR count). The van der Waals surface area contributed by atoms with Gasteiger partial charge in [-0.1, -0.05) is 15.9 Å². The second-order valence-electron chi connectivity index (χ2n) is 7.42. The van der Waals surface area contributed by atoms with Crippen molar-refractivity contribution >= 4 is 32.7 Å². The van der Waals surface area contributed by atoms with E-state index in [9.17, 15) is 9.90 Å². The summed E-state index contributed by atoms with van der Waals surface area (Å²) < 4.78 is 8.40. The van der Waals surface area contributed by atoms with Gasteiger partial charge in [-0.3, -0.25) is 4.79 Å². The van der Waals surface area contributed by atoms with Crippen molar-refractivity contribution in [1.29, 1.82) is 0 Å². The van der Waals surface area contributed by atoms with Crippen molar-refractivity contribution in [3.05, 3.63) is 56.8 Å². The van der Waals surface area contributed by atoms with Gasteiger partial charge in [0.25, 0.3) is 5.91 Å². The number of fused-ring (bicyclic) bond motifs is 1. The number of carbonyl (C=O) groups is 1. The van der Waals surface area contributed by atoms with Gasteiger partial charge >= 0.3 is 0 Å². The first-order valence-corrected chi connectivity index (χ1v) is 10.3. The standard InChI is InChI=1S/C22H26BrN3O3/c1-12(2)26-10-14(4)20-17(7-15(23)8-19(20)26)21(28)24-9-18-13(3)6-16(11-27)25-22(18)29-5/h6-8,10,12,27H,9,11H2,1-5H3,(H,24,28). The van der Waals surface area contributed by atoms with Crippen molar-refractivity contribution in [1.82, 2.24) is 14.9 Å². The molecular weight excluding hydrogens is 434 g/mol. The molecule has 0 atom stereocenters. The molecule has 0 saturated carbocycles. The first kappa shape index (κ1) is 21.3. The first-order valence-electron chi connectivity index (χ1n) is 9.50. The van der Waals surface area contributed by atoms with Crippen LogP contribution in [0.3, 0.4) is 0 Å². The molecule has 0 aliphatic heterocycles. The molecule has 0 aliphatic carbocycles. The van der Waals surface area contributed by atoms with Crippen LogP contribution in [-0.2, 0) is 13.2 Å². The van der Waals surface area contributed by atoms with E-state index in [1.807, 2.05) is 26.0 Å². The van der Waals surface area contributed by atoms with Crippen molar-refractivity contribution in [2.75, 3.05) is 7.11 Å². The van der Waals surface area contributed by atoms with E-state index < -0.39 is 0 Å². The normalized spacial score (nSPS) is 11.3. The van der Waals surface area contributed by atoms with E-state index >= 15 is 0 Å². The number of aliphatic hydroxyl groups is 1. The highest BCUT2D eigenvalue weighted by Crippen LogP contribution is 2.31. The van der Waals surface area contributed by atoms with Crippen molar-refractivity contribution in [2.24, 2.45) is 0 Å². The number of aliphatic hydroxyl groups excluding tert-OH is 1. The summed E-state index contributed by atoms with van der Waals surface area (Å²) in [5, 5.41) is 13.3. The van der Waals surface area contributed by atoms with E-state index in [0.717, 1.165) is 32.1 Å². The summed E-state index contributed by atoms with van der Waals surface area (Å²) in [6.07, 6.45) is 2.09. The summed E-state index contributed by atoms with van der Waals surface area (Å²) in [5.74, 6) is 0.254. The fraction of sp³-hybridized carbons (Fsp3) is 0.364. The molecular formula is C22H26BrN3O3. The fourth-order valence-corrected chi connectivity index (χ4v) is 4.07. The Morgan fingerprint density at radius 2 is 2.00 bits per heavy atom. The van der Waals surface area contributed by atoms with Gasteiger partial charge in [-0.05, 0) is 57.0 Å². The predicted octanol–water partition coefficient (Wildman–Crippen LogP) is 4.43. The molecule has 0 fully saturated rings. The van der Waals surface area contributed by atoms with Crippen LogP contribution < -0.4 is 10.1 Å². The molecule has 0 bridgehead atoms. The molecule has 29 heavy (non-hydrogen) atoms. The predicted molar refractivity (Wildman–Crippen MR) is 117 cm³/mol. The van der Waals surface area contributed by atoms with E-state index in [-0.39, 0.29) is 19.1 Å². The van der Waals surface area contributed by atoms with Crippen LogP contribution in [0, 0.1) is 13.8 Å². The van der Waals surface area contributed by atoms with Crippen molar-refractivity contribution < 1.29 is 14.6 Å². The van der Waals surface area contributed by atoms with Crippen LogP contribution in [-0.4, -0.2) is 27.7 Å². The van der Waals surface area contributed by atoms with Gasteiger partial charge in [0.2, 0.25) is 5.88 Å². The average molecular weight is 460 g/mol. The lowest BCUT2D eigenvalue weighted by molar-refractivity contribution is 0.0952. The van der Waals surface area contributed by atoms with Gasteiger partial charge in [-0.2, -0.15) is 0 Å². The maximum Gasteiger partial charge on any atom is 0.252 e. The van der Waals surface area contributed by atoms with Crippen LogP contribution in [0.15, 0.2) is 28.9 Å². The van der Waals surface area contributed by atoms with Gasteiger partial charge < -0.3 is 19.7 Å². The highest BCUT2D eigenvalue weighted by atomic mass is 79.9. The minimum absolute atomic E-state index is 0.159. The number of halogens is 1. The summed E-state index contributed by atoms with van der Waals surface area (Å²) in [6.45, 7) is 8.30. The second kappa shape index (κ2) is 8.55. The number of nitrogens with one attached hydrogen (secondary N) is 1. The van der Waals surface area contributed by atoms with Gasteiger partial charge in [0.15, 0.2) is 0 Å². The molecule has 2 aromatic heterocycles. The smallest absolute Gasteiger partial charge is 0.252 e. The van der Waals surface area contributed by atoms with Gasteiger partial charge in [-0.25, -0.2) is 4.98 Å². The molecule has 1 aromatic carbocycles. The first-order chi connectivity index (χ1) is 13.8.